The molecule has 1 N–H and O–H groups in total. The molecule has 0 fully saturated rings. The predicted octanol–water partition coefficient (Wildman–Crippen LogP) is 3.38. The number of aromatic nitrogens is 5. The van der Waals surface area contributed by atoms with E-state index in [4.69, 9.17) is 11.6 Å². The van der Waals surface area contributed by atoms with Gasteiger partial charge < -0.3 is 5.32 Å². The van der Waals surface area contributed by atoms with E-state index in [1.807, 2.05) is 13.0 Å². The van der Waals surface area contributed by atoms with E-state index in [0.717, 1.165) is 22.2 Å². The lowest BCUT2D eigenvalue weighted by Gasteiger charge is -2.07. The van der Waals surface area contributed by atoms with Crippen LogP contribution in [0.3, 0.4) is 0 Å². The van der Waals surface area contributed by atoms with E-state index in [-0.39, 0.29) is 12.5 Å². The van der Waals surface area contributed by atoms with E-state index < -0.39 is 0 Å². The van der Waals surface area contributed by atoms with E-state index in [2.05, 4.69) is 51.7 Å². The summed E-state index contributed by atoms with van der Waals surface area (Å²) in [6.45, 7) is 5.12. The molecule has 0 aliphatic rings. The highest BCUT2D eigenvalue weighted by atomic mass is 35.5. The highest BCUT2D eigenvalue weighted by molar-refractivity contribution is 6.30. The molecular weight excluding hydrogens is 388 g/mol. The first kappa shape index (κ1) is 19.1. The summed E-state index contributed by atoms with van der Waals surface area (Å²) in [5.74, 6) is -0.129. The van der Waals surface area contributed by atoms with Crippen LogP contribution in [0, 0.1) is 13.8 Å². The van der Waals surface area contributed by atoms with E-state index >= 15 is 0 Å². The number of aryl methyl sites for hydroxylation is 2. The Morgan fingerprint density at radius 1 is 1.17 bits per heavy atom. The van der Waals surface area contributed by atoms with Crippen LogP contribution >= 0.6 is 11.6 Å². The SMILES string of the molecule is Cc1ccc(-c2ccnc3c2c(C)nn3CC(=O)NCCn2cc(Cl)cn2)cc1. The molecule has 0 saturated heterocycles. The van der Waals surface area contributed by atoms with Crippen LogP contribution < -0.4 is 5.32 Å². The van der Waals surface area contributed by atoms with E-state index in [0.29, 0.717) is 23.8 Å². The Bertz CT molecular complexity index is 1160. The number of carbonyl (C=O) groups excluding carboxylic acids is 1. The average molecular weight is 409 g/mol. The van der Waals surface area contributed by atoms with E-state index in [1.165, 1.54) is 5.56 Å². The summed E-state index contributed by atoms with van der Waals surface area (Å²) >= 11 is 5.84. The van der Waals surface area contributed by atoms with Crippen LogP contribution in [0.15, 0.2) is 48.9 Å². The maximum absolute atomic E-state index is 12.4. The summed E-state index contributed by atoms with van der Waals surface area (Å²) in [6.07, 6.45) is 5.04. The summed E-state index contributed by atoms with van der Waals surface area (Å²) in [6, 6.07) is 10.3. The number of nitrogens with zero attached hydrogens (tertiary/aromatic N) is 5. The van der Waals surface area contributed by atoms with Crippen molar-refractivity contribution in [2.24, 2.45) is 0 Å². The van der Waals surface area contributed by atoms with Crippen molar-refractivity contribution < 1.29 is 4.79 Å². The number of carbonyl (C=O) groups is 1. The molecule has 148 valence electrons. The predicted molar refractivity (Wildman–Crippen MR) is 113 cm³/mol. The van der Waals surface area contributed by atoms with Gasteiger partial charge in [-0.2, -0.15) is 10.2 Å². The number of hydrogen-bond donors (Lipinski definition) is 1. The van der Waals surface area contributed by atoms with Crippen molar-refractivity contribution in [1.82, 2.24) is 29.9 Å². The Morgan fingerprint density at radius 2 is 1.97 bits per heavy atom. The zero-order valence-electron chi connectivity index (χ0n) is 16.3. The van der Waals surface area contributed by atoms with Crippen LogP contribution in [-0.4, -0.2) is 37.0 Å². The molecule has 4 rings (SSSR count). The fraction of sp³-hybridized carbons (Fsp3) is 0.238. The monoisotopic (exact) mass is 408 g/mol. The Labute approximate surface area is 173 Å². The van der Waals surface area contributed by atoms with E-state index in [9.17, 15) is 4.79 Å². The number of pyridine rings is 1. The van der Waals surface area contributed by atoms with Gasteiger partial charge in [0, 0.05) is 24.3 Å². The number of nitrogens with one attached hydrogen (secondary N) is 1. The van der Waals surface area contributed by atoms with Crippen LogP contribution in [0.5, 0.6) is 0 Å². The summed E-state index contributed by atoms with van der Waals surface area (Å²) < 4.78 is 3.34. The second-order valence-electron chi connectivity index (χ2n) is 6.94. The third kappa shape index (κ3) is 4.14. The minimum Gasteiger partial charge on any atom is -0.353 e. The average Bonchev–Trinajstić information content (AvgIpc) is 3.25. The van der Waals surface area contributed by atoms with Crippen LogP contribution in [-0.2, 0) is 17.9 Å². The van der Waals surface area contributed by atoms with Crippen molar-refractivity contribution >= 4 is 28.5 Å². The van der Waals surface area contributed by atoms with Gasteiger partial charge in [0.25, 0.3) is 0 Å². The van der Waals surface area contributed by atoms with Crippen LogP contribution in [0.1, 0.15) is 11.3 Å². The van der Waals surface area contributed by atoms with Crippen molar-refractivity contribution in [3.8, 4) is 11.1 Å². The molecule has 7 nitrogen and oxygen atoms in total. The number of amides is 1. The van der Waals surface area contributed by atoms with Crippen molar-refractivity contribution in [3.63, 3.8) is 0 Å². The minimum atomic E-state index is -0.129. The molecule has 1 aromatic carbocycles. The quantitative estimate of drug-likeness (QED) is 0.530. The largest absolute Gasteiger partial charge is 0.353 e. The van der Waals surface area contributed by atoms with Gasteiger partial charge in [-0.3, -0.25) is 9.48 Å². The number of halogens is 1. The van der Waals surface area contributed by atoms with Gasteiger partial charge in [-0.1, -0.05) is 41.4 Å². The first-order valence-corrected chi connectivity index (χ1v) is 9.73. The summed E-state index contributed by atoms with van der Waals surface area (Å²) in [5, 5.41) is 13.1. The minimum absolute atomic E-state index is 0.106. The lowest BCUT2D eigenvalue weighted by molar-refractivity contribution is -0.121. The Kier molecular flexibility index (Phi) is 5.31. The summed E-state index contributed by atoms with van der Waals surface area (Å²) in [5.41, 5.74) is 4.93. The maximum atomic E-state index is 12.4. The molecule has 0 saturated carbocycles. The van der Waals surface area contributed by atoms with Gasteiger partial charge in [-0.05, 0) is 31.0 Å². The Hall–Kier alpha value is -3.19. The van der Waals surface area contributed by atoms with Gasteiger partial charge in [0.05, 0.1) is 23.5 Å². The van der Waals surface area contributed by atoms with Crippen molar-refractivity contribution in [2.45, 2.75) is 26.9 Å². The van der Waals surface area contributed by atoms with Crippen molar-refractivity contribution in [3.05, 3.63) is 65.2 Å². The van der Waals surface area contributed by atoms with Crippen molar-refractivity contribution in [1.29, 1.82) is 0 Å². The van der Waals surface area contributed by atoms with Crippen LogP contribution in [0.4, 0.5) is 0 Å². The number of hydrogen-bond acceptors (Lipinski definition) is 4. The number of fused-ring (bicyclic) bond motifs is 1. The van der Waals surface area contributed by atoms with Gasteiger partial charge in [-0.25, -0.2) is 9.67 Å². The Morgan fingerprint density at radius 3 is 2.69 bits per heavy atom. The highest BCUT2D eigenvalue weighted by Gasteiger charge is 2.15. The molecule has 0 spiro atoms. The van der Waals surface area contributed by atoms with E-state index in [1.54, 1.807) is 28.0 Å². The molecule has 3 aromatic heterocycles. The zero-order chi connectivity index (χ0) is 20.4. The fourth-order valence-electron chi connectivity index (χ4n) is 3.33. The molecule has 8 heteroatoms. The number of benzene rings is 1. The second kappa shape index (κ2) is 8.05. The molecule has 4 aromatic rings. The number of rotatable bonds is 6. The Balaban J connectivity index is 1.51. The molecule has 0 bridgehead atoms. The molecule has 0 unspecified atom stereocenters. The topological polar surface area (TPSA) is 77.6 Å². The highest BCUT2D eigenvalue weighted by Crippen LogP contribution is 2.29. The van der Waals surface area contributed by atoms with Crippen LogP contribution in [0.2, 0.25) is 5.02 Å². The fourth-order valence-corrected chi connectivity index (χ4v) is 3.48. The first-order chi connectivity index (χ1) is 14.0. The normalized spacial score (nSPS) is 11.1. The smallest absolute Gasteiger partial charge is 0.241 e. The third-order valence-corrected chi connectivity index (χ3v) is 4.92. The molecule has 3 heterocycles. The third-order valence-electron chi connectivity index (χ3n) is 4.73. The molecule has 0 radical (unpaired) electrons. The summed E-state index contributed by atoms with van der Waals surface area (Å²) in [4.78, 5) is 16.9. The lowest BCUT2D eigenvalue weighted by atomic mass is 10.0. The maximum Gasteiger partial charge on any atom is 0.241 e. The molecular formula is C21H21ClN6O. The van der Waals surface area contributed by atoms with Crippen LogP contribution in [0.25, 0.3) is 22.2 Å². The van der Waals surface area contributed by atoms with Gasteiger partial charge >= 0.3 is 0 Å². The van der Waals surface area contributed by atoms with Crippen molar-refractivity contribution in [2.75, 3.05) is 6.54 Å². The molecule has 0 aliphatic heterocycles. The summed E-state index contributed by atoms with van der Waals surface area (Å²) in [7, 11) is 0. The standard InChI is InChI=1S/C21H21ClN6O/c1-14-3-5-16(6-4-14)18-7-8-24-21-20(18)15(2)26-28(21)13-19(29)23-9-10-27-12-17(22)11-25-27/h3-8,11-12H,9-10,13H2,1-2H3,(H,23,29). The second-order valence-corrected chi connectivity index (χ2v) is 7.37. The molecule has 1 amide bonds. The first-order valence-electron chi connectivity index (χ1n) is 9.35. The molecule has 0 atom stereocenters. The van der Waals surface area contributed by atoms with Gasteiger partial charge in [-0.15, -0.1) is 0 Å². The van der Waals surface area contributed by atoms with Gasteiger partial charge in [0.2, 0.25) is 5.91 Å². The lowest BCUT2D eigenvalue weighted by Crippen LogP contribution is -2.31. The molecule has 0 aliphatic carbocycles. The van der Waals surface area contributed by atoms with Gasteiger partial charge in [0.1, 0.15) is 6.54 Å². The van der Waals surface area contributed by atoms with Gasteiger partial charge in [0.15, 0.2) is 5.65 Å². The zero-order valence-corrected chi connectivity index (χ0v) is 17.0. The molecule has 29 heavy (non-hydrogen) atoms.